The summed E-state index contributed by atoms with van der Waals surface area (Å²) in [6, 6.07) is 0.813. The average molecular weight is 411 g/mol. The van der Waals surface area contributed by atoms with Crippen LogP contribution in [0.25, 0.3) is 0 Å². The maximum absolute atomic E-state index is 6.10. The van der Waals surface area contributed by atoms with Gasteiger partial charge in [0.2, 0.25) is 0 Å². The summed E-state index contributed by atoms with van der Waals surface area (Å²) in [6.45, 7) is 17.8. The van der Waals surface area contributed by atoms with E-state index >= 15 is 0 Å². The lowest BCUT2D eigenvalue weighted by atomic mass is 10.2. The van der Waals surface area contributed by atoms with Crippen LogP contribution >= 0.6 is 0 Å². The summed E-state index contributed by atoms with van der Waals surface area (Å²) in [6.07, 6.45) is 2.88. The fourth-order valence-electron chi connectivity index (χ4n) is 3.28. The lowest BCUT2D eigenvalue weighted by molar-refractivity contribution is 0.0569. The van der Waals surface area contributed by atoms with Crippen LogP contribution in [0.3, 0.4) is 0 Å². The van der Waals surface area contributed by atoms with Gasteiger partial charge in [-0.15, -0.1) is 0 Å². The molecule has 0 aliphatic rings. The van der Waals surface area contributed by atoms with Crippen LogP contribution in [0.5, 0.6) is 0 Å². The van der Waals surface area contributed by atoms with Gasteiger partial charge in [-0.25, -0.2) is 0 Å². The second kappa shape index (κ2) is 15.2. The molecule has 1 atom stereocenters. The third-order valence-corrected chi connectivity index (χ3v) is 11.1. The first-order valence-electron chi connectivity index (χ1n) is 10.4. The van der Waals surface area contributed by atoms with Crippen molar-refractivity contribution < 1.29 is 26.6 Å². The fourth-order valence-corrected chi connectivity index (χ4v) is 9.14. The highest BCUT2D eigenvalue weighted by Crippen LogP contribution is 2.35. The van der Waals surface area contributed by atoms with Crippen LogP contribution < -0.4 is 0 Å². The van der Waals surface area contributed by atoms with Gasteiger partial charge in [-0.1, -0.05) is 6.92 Å². The molecule has 0 N–H and O–H groups in total. The van der Waals surface area contributed by atoms with E-state index in [-0.39, 0.29) is 5.54 Å². The molecule has 0 aromatic carbocycles. The number of hydrogen-bond donors (Lipinski definition) is 0. The first-order valence-corrected chi connectivity index (χ1v) is 14.1. The van der Waals surface area contributed by atoms with Crippen molar-refractivity contribution in [3.63, 3.8) is 0 Å². The molecule has 0 fully saturated rings. The van der Waals surface area contributed by atoms with Crippen LogP contribution in [0.1, 0.15) is 67.7 Å². The molecule has 0 aliphatic carbocycles. The standard InChI is InChI=1S/C18H42O6Si2/c1-8-18(26(22-12-5,23-13-6)24-14-7)16-15-17-25(19-9-2,20-10-3)21-11-4/h18H,8-17H2,1-7H3. The van der Waals surface area contributed by atoms with Crippen LogP contribution in [0.2, 0.25) is 11.6 Å². The second-order valence-corrected chi connectivity index (χ2v) is 11.5. The lowest BCUT2D eigenvalue weighted by Gasteiger charge is -2.35. The van der Waals surface area contributed by atoms with Crippen molar-refractivity contribution in [1.82, 2.24) is 0 Å². The van der Waals surface area contributed by atoms with E-state index in [1.807, 2.05) is 41.5 Å². The van der Waals surface area contributed by atoms with Crippen molar-refractivity contribution in [2.75, 3.05) is 39.6 Å². The first kappa shape index (κ1) is 26.2. The molecule has 0 bridgehead atoms. The van der Waals surface area contributed by atoms with E-state index < -0.39 is 17.6 Å². The molecule has 0 aromatic heterocycles. The first-order chi connectivity index (χ1) is 12.5. The van der Waals surface area contributed by atoms with E-state index in [1.165, 1.54) is 0 Å². The van der Waals surface area contributed by atoms with Gasteiger partial charge in [0, 0.05) is 51.2 Å². The Balaban J connectivity index is 5.09. The number of rotatable bonds is 18. The molecule has 0 aliphatic heterocycles. The van der Waals surface area contributed by atoms with E-state index in [1.54, 1.807) is 0 Å². The van der Waals surface area contributed by atoms with E-state index in [4.69, 9.17) is 26.6 Å². The molecular formula is C18H42O6Si2. The Morgan fingerprint density at radius 3 is 1.27 bits per heavy atom. The summed E-state index contributed by atoms with van der Waals surface area (Å²) < 4.78 is 36.2. The normalized spacial score (nSPS) is 14.0. The van der Waals surface area contributed by atoms with Crippen LogP contribution in [-0.2, 0) is 26.6 Å². The predicted molar refractivity (Wildman–Crippen MR) is 109 cm³/mol. The van der Waals surface area contributed by atoms with Gasteiger partial charge in [-0.05, 0) is 60.8 Å². The van der Waals surface area contributed by atoms with Crippen molar-refractivity contribution in [3.8, 4) is 0 Å². The second-order valence-electron chi connectivity index (χ2n) is 5.88. The molecule has 26 heavy (non-hydrogen) atoms. The summed E-state index contributed by atoms with van der Waals surface area (Å²) in [7, 11) is -5.28. The van der Waals surface area contributed by atoms with E-state index in [9.17, 15) is 0 Å². The van der Waals surface area contributed by atoms with Crippen molar-refractivity contribution in [2.24, 2.45) is 0 Å². The Morgan fingerprint density at radius 1 is 0.577 bits per heavy atom. The minimum Gasteiger partial charge on any atom is -0.374 e. The molecule has 8 heteroatoms. The van der Waals surface area contributed by atoms with Gasteiger partial charge in [-0.2, -0.15) is 0 Å². The van der Waals surface area contributed by atoms with Crippen molar-refractivity contribution in [3.05, 3.63) is 0 Å². The highest BCUT2D eigenvalue weighted by atomic mass is 28.4. The zero-order chi connectivity index (χ0) is 19.9. The summed E-state index contributed by atoms with van der Waals surface area (Å²) in [4.78, 5) is 0. The molecule has 0 spiro atoms. The summed E-state index contributed by atoms with van der Waals surface area (Å²) >= 11 is 0. The monoisotopic (exact) mass is 410 g/mol. The maximum atomic E-state index is 6.10. The molecule has 0 saturated heterocycles. The van der Waals surface area contributed by atoms with Crippen LogP contribution in [-0.4, -0.2) is 57.3 Å². The summed E-state index contributed by atoms with van der Waals surface area (Å²) in [5.74, 6) is 0. The minimum atomic E-state index is -2.68. The Hall–Kier alpha value is 0.194. The largest absolute Gasteiger partial charge is 0.504 e. The molecular weight excluding hydrogens is 368 g/mol. The number of hydrogen-bond acceptors (Lipinski definition) is 6. The van der Waals surface area contributed by atoms with Gasteiger partial charge >= 0.3 is 17.6 Å². The van der Waals surface area contributed by atoms with Crippen molar-refractivity contribution >= 4 is 17.6 Å². The van der Waals surface area contributed by atoms with Crippen LogP contribution in [0.4, 0.5) is 0 Å². The molecule has 0 aromatic rings. The molecule has 6 nitrogen and oxygen atoms in total. The van der Waals surface area contributed by atoms with Crippen molar-refractivity contribution in [2.45, 2.75) is 79.3 Å². The third-order valence-electron chi connectivity index (χ3n) is 4.16. The quantitative estimate of drug-likeness (QED) is 0.307. The van der Waals surface area contributed by atoms with Gasteiger partial charge in [0.05, 0.1) is 0 Å². The Morgan fingerprint density at radius 2 is 0.962 bits per heavy atom. The molecule has 0 rings (SSSR count). The lowest BCUT2D eigenvalue weighted by Crippen LogP contribution is -2.50. The SMILES string of the molecule is CCO[Si](CCCC(CC)[Si](OCC)(OCC)OCC)(OCC)OCC. The van der Waals surface area contributed by atoms with Crippen LogP contribution in [0.15, 0.2) is 0 Å². The molecule has 158 valence electrons. The van der Waals surface area contributed by atoms with Crippen molar-refractivity contribution in [1.29, 1.82) is 0 Å². The van der Waals surface area contributed by atoms with Gasteiger partial charge in [-0.3, -0.25) is 0 Å². The Kier molecular flexibility index (Phi) is 15.3. The van der Waals surface area contributed by atoms with Gasteiger partial charge in [0.15, 0.2) is 0 Å². The van der Waals surface area contributed by atoms with Gasteiger partial charge in [0.25, 0.3) is 0 Å². The fraction of sp³-hybridized carbons (Fsp3) is 1.00. The summed E-state index contributed by atoms with van der Waals surface area (Å²) in [5, 5.41) is 0. The minimum absolute atomic E-state index is 0.277. The molecule has 1 unspecified atom stereocenters. The van der Waals surface area contributed by atoms with E-state index in [0.717, 1.165) is 25.3 Å². The van der Waals surface area contributed by atoms with E-state index in [0.29, 0.717) is 39.6 Å². The molecule has 0 radical (unpaired) electrons. The maximum Gasteiger partial charge on any atom is 0.504 e. The Bertz CT molecular complexity index is 299. The predicted octanol–water partition coefficient (Wildman–Crippen LogP) is 4.64. The molecule has 0 heterocycles. The highest BCUT2D eigenvalue weighted by Gasteiger charge is 2.48. The van der Waals surface area contributed by atoms with Gasteiger partial charge < -0.3 is 26.6 Å². The zero-order valence-electron chi connectivity index (χ0n) is 18.1. The third kappa shape index (κ3) is 8.47. The summed E-state index contributed by atoms with van der Waals surface area (Å²) in [5.41, 5.74) is 0.277. The smallest absolute Gasteiger partial charge is 0.374 e. The molecule has 0 amide bonds. The topological polar surface area (TPSA) is 55.4 Å². The van der Waals surface area contributed by atoms with Gasteiger partial charge in [0.1, 0.15) is 0 Å². The Labute approximate surface area is 163 Å². The highest BCUT2D eigenvalue weighted by molar-refractivity contribution is 6.62. The average Bonchev–Trinajstić information content (AvgIpc) is 2.60. The zero-order valence-corrected chi connectivity index (χ0v) is 20.1. The van der Waals surface area contributed by atoms with E-state index in [2.05, 4.69) is 6.92 Å². The van der Waals surface area contributed by atoms with Crippen LogP contribution in [0, 0.1) is 0 Å². The molecule has 0 saturated carbocycles.